The first kappa shape index (κ1) is 47.8. The van der Waals surface area contributed by atoms with Gasteiger partial charge in [-0.05, 0) is 85.4 Å². The van der Waals surface area contributed by atoms with Gasteiger partial charge in [-0.2, -0.15) is 26.3 Å². The van der Waals surface area contributed by atoms with E-state index >= 15 is 26.3 Å². The van der Waals surface area contributed by atoms with Crippen molar-refractivity contribution in [2.75, 3.05) is 13.2 Å². The van der Waals surface area contributed by atoms with E-state index in [1.54, 1.807) is 6.92 Å². The predicted molar refractivity (Wildman–Crippen MR) is 244 cm³/mol. The average molecular weight is 889 g/mol. The third-order valence-electron chi connectivity index (χ3n) is 13.2. The zero-order chi connectivity index (χ0) is 43.7. The normalized spacial score (nSPS) is 23.2. The van der Waals surface area contributed by atoms with Crippen molar-refractivity contribution >= 4 is 33.3 Å². The van der Waals surface area contributed by atoms with Crippen LogP contribution in [0.5, 0.6) is 11.5 Å². The van der Waals surface area contributed by atoms with Crippen LogP contribution in [0.4, 0.5) is 26.3 Å². The number of halogens is 6. The molecule has 0 amide bonds. The summed E-state index contributed by atoms with van der Waals surface area (Å²) in [6, 6.07) is 14.6. The van der Waals surface area contributed by atoms with Crippen LogP contribution in [0.15, 0.2) is 83.0 Å². The maximum atomic E-state index is 15.9. The van der Waals surface area contributed by atoms with Gasteiger partial charge in [0.25, 0.3) is 0 Å². The van der Waals surface area contributed by atoms with Crippen molar-refractivity contribution in [3.63, 3.8) is 0 Å². The molecule has 2 aromatic rings. The number of rotatable bonds is 26. The van der Waals surface area contributed by atoms with Gasteiger partial charge in [-0.3, -0.25) is 0 Å². The van der Waals surface area contributed by atoms with Crippen LogP contribution in [0.3, 0.4) is 0 Å². The van der Waals surface area contributed by atoms with Crippen LogP contribution in [0.2, 0.25) is 0 Å². The Labute approximate surface area is 369 Å². The van der Waals surface area contributed by atoms with Crippen LogP contribution >= 0.6 is 23.5 Å². The molecule has 0 aromatic heterocycles. The Morgan fingerprint density at radius 1 is 0.443 bits per heavy atom. The lowest BCUT2D eigenvalue weighted by Crippen LogP contribution is -2.50. The molecule has 2 aromatic carbocycles. The topological polar surface area (TPSA) is 18.5 Å². The maximum Gasteiger partial charge on any atom is 0.380 e. The zero-order valence-corrected chi connectivity index (χ0v) is 38.4. The summed E-state index contributed by atoms with van der Waals surface area (Å²) in [6.45, 7) is 9.12. The quantitative estimate of drug-likeness (QED) is 0.0692. The van der Waals surface area contributed by atoms with Crippen molar-refractivity contribution in [3.8, 4) is 11.5 Å². The summed E-state index contributed by atoms with van der Waals surface area (Å²) in [6.07, 6.45) is 27.4. The number of ether oxygens (including phenoxy) is 2. The first-order valence-corrected chi connectivity index (χ1v) is 24.8. The Morgan fingerprint density at radius 3 is 1.08 bits per heavy atom. The van der Waals surface area contributed by atoms with Gasteiger partial charge in [0.1, 0.15) is 11.5 Å². The minimum Gasteiger partial charge on any atom is -0.494 e. The number of hydrogen-bond donors (Lipinski definition) is 0. The van der Waals surface area contributed by atoms with E-state index in [-0.39, 0.29) is 11.1 Å². The fourth-order valence-electron chi connectivity index (χ4n) is 9.24. The van der Waals surface area contributed by atoms with Gasteiger partial charge in [0.15, 0.2) is 0 Å². The highest BCUT2D eigenvalue weighted by Gasteiger charge is 2.84. The second-order valence-corrected chi connectivity index (χ2v) is 20.9. The Bertz CT molecular complexity index is 1770. The molecule has 0 spiro atoms. The van der Waals surface area contributed by atoms with Crippen molar-refractivity contribution in [1.29, 1.82) is 0 Å². The van der Waals surface area contributed by atoms with Crippen molar-refractivity contribution in [2.45, 2.75) is 178 Å². The molecule has 0 atom stereocenters. The highest BCUT2D eigenvalue weighted by atomic mass is 32.2. The van der Waals surface area contributed by atoms with Crippen molar-refractivity contribution in [2.24, 2.45) is 5.41 Å². The van der Waals surface area contributed by atoms with Crippen molar-refractivity contribution in [3.05, 3.63) is 94.1 Å². The van der Waals surface area contributed by atoms with E-state index in [0.29, 0.717) is 45.6 Å². The SMILES string of the molecule is CCCCCCCCCCCCOc1ccc(C2=CC3=C4C(=C5C=C(c6ccc(OCCCCCCCCCCCC)cc6)SC(C)(S2)C35C)C(F)(F)C(F)(F)C4(F)F)cc1. The number of allylic oxidation sites excluding steroid dienone is 6. The Morgan fingerprint density at radius 2 is 0.754 bits per heavy atom. The molecule has 0 bridgehead atoms. The standard InChI is InChI=1S/C51H66F6O2S2/c1-5-7-9-11-13-15-17-19-21-23-33-58-39-29-25-37(26-30-39)43-35-41-45-46(50(54,55)51(56,57)49(45,52)53)42-36-44(61-48(4,60-43)47(41,42)3)38-27-31-40(32-28-38)59-34-24-22-20-18-16-14-12-10-8-6-2/h25-32,35-36H,5-24,33-34H2,1-4H3. The molecule has 1 fully saturated rings. The molecule has 336 valence electrons. The fourth-order valence-corrected chi connectivity index (χ4v) is 12.5. The molecule has 2 heterocycles. The van der Waals surface area contributed by atoms with Gasteiger partial charge in [0.05, 0.1) is 17.3 Å². The number of alkyl halides is 6. The Hall–Kier alpha value is -2.72. The van der Waals surface area contributed by atoms with Crippen LogP contribution in [0.1, 0.15) is 167 Å². The fraction of sp³-hybridized carbons (Fsp3) is 0.608. The summed E-state index contributed by atoms with van der Waals surface area (Å²) in [5.41, 5.74) is -2.89. The smallest absolute Gasteiger partial charge is 0.380 e. The lowest BCUT2D eigenvalue weighted by atomic mass is 9.72. The predicted octanol–water partition coefficient (Wildman–Crippen LogP) is 17.4. The van der Waals surface area contributed by atoms with E-state index in [0.717, 1.165) is 25.7 Å². The number of fused-ring (bicyclic) bond motifs is 1. The lowest BCUT2D eigenvalue weighted by Gasteiger charge is -2.52. The molecule has 0 unspecified atom stereocenters. The van der Waals surface area contributed by atoms with Gasteiger partial charge in [0, 0.05) is 26.4 Å². The van der Waals surface area contributed by atoms with Crippen LogP contribution in [0, 0.1) is 5.41 Å². The second kappa shape index (κ2) is 20.9. The molecule has 0 radical (unpaired) electrons. The van der Waals surface area contributed by atoms with Gasteiger partial charge in [-0.25, -0.2) is 0 Å². The minimum absolute atomic E-state index is 0.171. The van der Waals surface area contributed by atoms with E-state index < -0.39 is 38.4 Å². The zero-order valence-electron chi connectivity index (χ0n) is 36.7. The lowest BCUT2D eigenvalue weighted by molar-refractivity contribution is -0.258. The van der Waals surface area contributed by atoms with E-state index in [9.17, 15) is 0 Å². The second-order valence-electron chi connectivity index (χ2n) is 17.7. The molecule has 2 nitrogen and oxygen atoms in total. The van der Waals surface area contributed by atoms with Crippen LogP contribution in [0.25, 0.3) is 9.81 Å². The van der Waals surface area contributed by atoms with Crippen LogP contribution < -0.4 is 9.47 Å². The molecule has 2 aliphatic heterocycles. The molecular weight excluding hydrogens is 823 g/mol. The molecular formula is C51H66F6O2S2. The molecule has 0 N–H and O–H groups in total. The van der Waals surface area contributed by atoms with E-state index in [2.05, 4.69) is 13.8 Å². The third-order valence-corrected chi connectivity index (χ3v) is 16.4. The van der Waals surface area contributed by atoms with Gasteiger partial charge in [-0.15, -0.1) is 23.5 Å². The summed E-state index contributed by atoms with van der Waals surface area (Å²) in [7, 11) is 0. The van der Waals surface area contributed by atoms with Gasteiger partial charge < -0.3 is 9.47 Å². The number of hydrogen-bond acceptors (Lipinski definition) is 4. The van der Waals surface area contributed by atoms with Gasteiger partial charge >= 0.3 is 17.8 Å². The highest BCUT2D eigenvalue weighted by molar-refractivity contribution is 8.26. The minimum atomic E-state index is -5.58. The number of unbranched alkanes of at least 4 members (excludes halogenated alkanes) is 18. The largest absolute Gasteiger partial charge is 0.494 e. The summed E-state index contributed by atoms with van der Waals surface area (Å²) in [4.78, 5) is 1.09. The van der Waals surface area contributed by atoms with Crippen molar-refractivity contribution in [1.82, 2.24) is 0 Å². The molecule has 61 heavy (non-hydrogen) atoms. The van der Waals surface area contributed by atoms with E-state index in [4.69, 9.17) is 9.47 Å². The van der Waals surface area contributed by atoms with Crippen molar-refractivity contribution < 1.29 is 35.8 Å². The average Bonchev–Trinajstić information content (AvgIpc) is 3.56. The molecule has 1 saturated carbocycles. The highest BCUT2D eigenvalue weighted by Crippen LogP contribution is 2.77. The first-order chi connectivity index (χ1) is 29.2. The summed E-state index contributed by atoms with van der Waals surface area (Å²) in [5.74, 6) is -14.4. The summed E-state index contributed by atoms with van der Waals surface area (Å²) < 4.78 is 105. The van der Waals surface area contributed by atoms with Crippen LogP contribution in [-0.4, -0.2) is 35.1 Å². The van der Waals surface area contributed by atoms with Gasteiger partial charge in [0.2, 0.25) is 0 Å². The molecule has 4 aliphatic rings. The monoisotopic (exact) mass is 888 g/mol. The first-order valence-electron chi connectivity index (χ1n) is 23.1. The molecule has 10 heteroatoms. The van der Waals surface area contributed by atoms with Gasteiger partial charge in [-0.1, -0.05) is 154 Å². The van der Waals surface area contributed by atoms with Crippen LogP contribution in [-0.2, 0) is 0 Å². The Balaban J connectivity index is 1.14. The Kier molecular flexibility index (Phi) is 16.3. The molecule has 2 aliphatic carbocycles. The molecule has 0 saturated heterocycles. The maximum absolute atomic E-state index is 15.9. The summed E-state index contributed by atoms with van der Waals surface area (Å²) in [5, 5.41) is 0. The number of thioether (sulfide) groups is 2. The number of benzene rings is 2. The third kappa shape index (κ3) is 10.0. The molecule has 6 rings (SSSR count). The van der Waals surface area contributed by atoms with E-state index in [1.165, 1.54) is 138 Å². The van der Waals surface area contributed by atoms with E-state index in [1.807, 2.05) is 55.5 Å². The summed E-state index contributed by atoms with van der Waals surface area (Å²) >= 11 is 2.79.